The lowest BCUT2D eigenvalue weighted by Crippen LogP contribution is -2.52. The van der Waals surface area contributed by atoms with Gasteiger partial charge in [0.05, 0.1) is 29.0 Å². The van der Waals surface area contributed by atoms with E-state index < -0.39 is 23.0 Å². The normalized spacial score (nSPS) is 15.2. The molecule has 1 amide bonds. The molecule has 0 atom stereocenters. The van der Waals surface area contributed by atoms with Crippen LogP contribution in [0.15, 0.2) is 60.8 Å². The van der Waals surface area contributed by atoms with Crippen LogP contribution < -0.4 is 15.0 Å². The molecule has 1 fully saturated rings. The average molecular weight is 559 g/mol. The van der Waals surface area contributed by atoms with Crippen LogP contribution in [-0.2, 0) is 16.4 Å². The topological polar surface area (TPSA) is 57.7 Å². The maximum Gasteiger partial charge on any atom is 0.416 e. The van der Waals surface area contributed by atoms with Gasteiger partial charge in [0.2, 0.25) is 5.91 Å². The molecule has 1 aliphatic heterocycles. The van der Waals surface area contributed by atoms with E-state index in [4.69, 9.17) is 4.74 Å². The van der Waals surface area contributed by atoms with Crippen molar-refractivity contribution in [1.82, 2.24) is 15.2 Å². The molecule has 2 aromatic carbocycles. The maximum absolute atomic E-state index is 14.7. The Hall–Kier alpha value is -3.66. The predicted octanol–water partition coefficient (Wildman–Crippen LogP) is 5.52. The van der Waals surface area contributed by atoms with E-state index in [1.54, 1.807) is 11.1 Å². The van der Waals surface area contributed by atoms with E-state index in [0.717, 1.165) is 23.3 Å². The number of aromatic nitrogens is 1. The number of ether oxygens (including phenoxy) is 1. The Balaban J connectivity index is 1.60. The van der Waals surface area contributed by atoms with E-state index in [0.29, 0.717) is 50.0 Å². The number of hydrogen-bond acceptors (Lipinski definition) is 5. The molecule has 40 heavy (non-hydrogen) atoms. The van der Waals surface area contributed by atoms with Crippen LogP contribution >= 0.6 is 0 Å². The van der Waals surface area contributed by atoms with Crippen molar-refractivity contribution < 1.29 is 27.1 Å². The van der Waals surface area contributed by atoms with Crippen molar-refractivity contribution in [1.29, 1.82) is 0 Å². The summed E-state index contributed by atoms with van der Waals surface area (Å²) in [6.45, 7) is 4.13. The molecule has 0 unspecified atom stereocenters. The number of halogens is 4. The van der Waals surface area contributed by atoms with Crippen molar-refractivity contribution in [2.45, 2.75) is 31.4 Å². The number of carbonyl (C=O) groups is 1. The lowest BCUT2D eigenvalue weighted by Gasteiger charge is -2.42. The highest BCUT2D eigenvalue weighted by Gasteiger charge is 2.43. The molecule has 1 N–H and O–H groups in total. The van der Waals surface area contributed by atoms with Gasteiger partial charge in [-0.25, -0.2) is 4.39 Å². The summed E-state index contributed by atoms with van der Waals surface area (Å²) in [7, 11) is 3.84. The summed E-state index contributed by atoms with van der Waals surface area (Å²) in [5.74, 6) is -0.365. The summed E-state index contributed by atoms with van der Waals surface area (Å²) in [6.07, 6.45) is -2.23. The molecule has 3 aromatic rings. The second-order valence-corrected chi connectivity index (χ2v) is 10.2. The molecule has 1 aromatic heterocycles. The monoisotopic (exact) mass is 558 g/mol. The zero-order valence-electron chi connectivity index (χ0n) is 22.9. The van der Waals surface area contributed by atoms with Crippen molar-refractivity contribution in [2.24, 2.45) is 0 Å². The Labute approximate surface area is 232 Å². The van der Waals surface area contributed by atoms with Crippen LogP contribution in [-0.4, -0.2) is 62.7 Å². The minimum atomic E-state index is -4.62. The van der Waals surface area contributed by atoms with Crippen LogP contribution in [0.25, 0.3) is 11.3 Å². The quantitative estimate of drug-likeness (QED) is 0.351. The summed E-state index contributed by atoms with van der Waals surface area (Å²) in [5.41, 5.74) is 0.428. The van der Waals surface area contributed by atoms with Crippen molar-refractivity contribution in [2.75, 3.05) is 51.8 Å². The van der Waals surface area contributed by atoms with Gasteiger partial charge in [0.1, 0.15) is 11.6 Å². The molecule has 2 heterocycles. The molecule has 4 rings (SSSR count). The second kappa shape index (κ2) is 12.2. The number of likely N-dealkylation sites (N-methyl/N-ethyl adjacent to an activating group) is 1. The molecule has 6 nitrogen and oxygen atoms in total. The lowest BCUT2D eigenvalue weighted by molar-refractivity contribution is -0.137. The number of para-hydroxylation sites is 1. The number of benzene rings is 2. The van der Waals surface area contributed by atoms with Gasteiger partial charge in [-0.05, 0) is 75.8 Å². The molecule has 214 valence electrons. The Morgan fingerprint density at radius 3 is 2.42 bits per heavy atom. The number of pyridine rings is 1. The number of alkyl halides is 3. The van der Waals surface area contributed by atoms with Crippen LogP contribution in [0.2, 0.25) is 0 Å². The first-order valence-electron chi connectivity index (χ1n) is 13.3. The van der Waals surface area contributed by atoms with Gasteiger partial charge < -0.3 is 19.9 Å². The third-order valence-electron chi connectivity index (χ3n) is 7.29. The smallest absolute Gasteiger partial charge is 0.416 e. The van der Waals surface area contributed by atoms with Gasteiger partial charge in [0, 0.05) is 37.9 Å². The number of nitrogens with one attached hydrogen (secondary N) is 1. The Kier molecular flexibility index (Phi) is 8.98. The molecule has 0 bridgehead atoms. The molecule has 10 heteroatoms. The summed E-state index contributed by atoms with van der Waals surface area (Å²) in [4.78, 5) is 22.0. The van der Waals surface area contributed by atoms with Crippen molar-refractivity contribution >= 4 is 11.6 Å². The van der Waals surface area contributed by atoms with E-state index in [9.17, 15) is 22.4 Å². The van der Waals surface area contributed by atoms with Crippen LogP contribution in [0.4, 0.5) is 23.2 Å². The molecule has 0 saturated carbocycles. The molecule has 0 radical (unpaired) electrons. The number of nitrogens with zero attached hydrogens (tertiary/aromatic N) is 3. The number of amides is 1. The van der Waals surface area contributed by atoms with Gasteiger partial charge in [0.25, 0.3) is 0 Å². The van der Waals surface area contributed by atoms with Gasteiger partial charge in [0.15, 0.2) is 0 Å². The van der Waals surface area contributed by atoms with Crippen molar-refractivity contribution in [3.8, 4) is 17.0 Å². The minimum absolute atomic E-state index is 0.0932. The number of anilines is 1. The van der Waals surface area contributed by atoms with E-state index in [1.807, 2.05) is 62.3 Å². The SMILES string of the molecule is CCOc1ccccc1-c1ccc(C2(C(=O)NCCN(C)C)CCN(c3ccc(C(F)(F)F)cc3F)CC2)cn1. The number of hydrogen-bond donors (Lipinski definition) is 1. The average Bonchev–Trinajstić information content (AvgIpc) is 2.93. The van der Waals surface area contributed by atoms with Crippen LogP contribution in [0.5, 0.6) is 5.75 Å². The molecule has 0 aliphatic carbocycles. The largest absolute Gasteiger partial charge is 0.493 e. The molecule has 1 aliphatic rings. The van der Waals surface area contributed by atoms with Crippen LogP contribution in [0.1, 0.15) is 30.9 Å². The van der Waals surface area contributed by atoms with Gasteiger partial charge in [-0.2, -0.15) is 13.2 Å². The van der Waals surface area contributed by atoms with Gasteiger partial charge >= 0.3 is 6.18 Å². The molecular weight excluding hydrogens is 524 g/mol. The molecule has 0 spiro atoms. The van der Waals surface area contributed by atoms with E-state index in [1.165, 1.54) is 0 Å². The minimum Gasteiger partial charge on any atom is -0.493 e. The van der Waals surface area contributed by atoms with E-state index >= 15 is 0 Å². The first-order valence-corrected chi connectivity index (χ1v) is 13.3. The third-order valence-corrected chi connectivity index (χ3v) is 7.29. The fourth-order valence-corrected chi connectivity index (χ4v) is 5.07. The van der Waals surface area contributed by atoms with E-state index in [2.05, 4.69) is 10.3 Å². The zero-order chi connectivity index (χ0) is 28.9. The fraction of sp³-hybridized carbons (Fsp3) is 0.400. The second-order valence-electron chi connectivity index (χ2n) is 10.2. The fourth-order valence-electron chi connectivity index (χ4n) is 5.07. The van der Waals surface area contributed by atoms with Gasteiger partial charge in [-0.1, -0.05) is 18.2 Å². The molecular formula is C30H34F4N4O2. The summed E-state index contributed by atoms with van der Waals surface area (Å²) in [5, 5.41) is 3.04. The highest BCUT2D eigenvalue weighted by Crippen LogP contribution is 2.40. The highest BCUT2D eigenvalue weighted by molar-refractivity contribution is 5.88. The number of rotatable bonds is 9. The lowest BCUT2D eigenvalue weighted by atomic mass is 9.72. The van der Waals surface area contributed by atoms with E-state index in [-0.39, 0.29) is 24.7 Å². The Morgan fingerprint density at radius 2 is 1.82 bits per heavy atom. The maximum atomic E-state index is 14.7. The standard InChI is InChI=1S/C30H34F4N4O2/c1-4-40-27-8-6-5-7-23(27)25-11-9-22(20-36-25)29(28(39)35-15-18-37(2)3)13-16-38(17-14-29)26-12-10-21(19-24(26)31)30(32,33)34/h5-12,19-20H,4,13-18H2,1-3H3,(H,35,39). The van der Waals surface area contributed by atoms with Gasteiger partial charge in [-0.3, -0.25) is 9.78 Å². The predicted molar refractivity (Wildman–Crippen MR) is 147 cm³/mol. The Bertz CT molecular complexity index is 1300. The summed E-state index contributed by atoms with van der Waals surface area (Å²) < 4.78 is 59.6. The Morgan fingerprint density at radius 1 is 1.10 bits per heavy atom. The molecule has 1 saturated heterocycles. The number of piperidine rings is 1. The third kappa shape index (κ3) is 6.38. The van der Waals surface area contributed by atoms with Crippen LogP contribution in [0.3, 0.4) is 0 Å². The highest BCUT2D eigenvalue weighted by atomic mass is 19.4. The van der Waals surface area contributed by atoms with Gasteiger partial charge in [-0.15, -0.1) is 0 Å². The first kappa shape index (κ1) is 29.3. The van der Waals surface area contributed by atoms with Crippen molar-refractivity contribution in [3.05, 3.63) is 77.7 Å². The first-order chi connectivity index (χ1) is 19.0. The summed E-state index contributed by atoms with van der Waals surface area (Å²) >= 11 is 0. The summed E-state index contributed by atoms with van der Waals surface area (Å²) in [6, 6.07) is 13.9. The number of carbonyl (C=O) groups excluding carboxylic acids is 1. The zero-order valence-corrected chi connectivity index (χ0v) is 22.9. The van der Waals surface area contributed by atoms with Crippen LogP contribution in [0, 0.1) is 5.82 Å². The van der Waals surface area contributed by atoms with Crippen molar-refractivity contribution in [3.63, 3.8) is 0 Å².